The van der Waals surface area contributed by atoms with E-state index in [0.29, 0.717) is 5.56 Å². The number of rotatable bonds is 1. The summed E-state index contributed by atoms with van der Waals surface area (Å²) in [7, 11) is -2.76. The van der Waals surface area contributed by atoms with Crippen LogP contribution >= 0.6 is 0 Å². The van der Waals surface area contributed by atoms with Gasteiger partial charge in [0.15, 0.2) is 10.7 Å². The second-order valence-corrected chi connectivity index (χ2v) is 4.02. The summed E-state index contributed by atoms with van der Waals surface area (Å²) in [5.74, 6) is -1.29. The minimum Gasteiger partial charge on any atom is -0.286 e. The number of allylic oxidation sites excluding steroid dienone is 1. The lowest BCUT2D eigenvalue weighted by atomic mass is 9.95. The van der Waals surface area contributed by atoms with Crippen molar-refractivity contribution in [1.29, 1.82) is 0 Å². The van der Waals surface area contributed by atoms with Crippen LogP contribution in [-0.2, 0) is 15.5 Å². The van der Waals surface area contributed by atoms with E-state index in [2.05, 4.69) is 0 Å². The van der Waals surface area contributed by atoms with Crippen LogP contribution in [0, 0.1) is 0 Å². The van der Waals surface area contributed by atoms with Gasteiger partial charge in [0.25, 0.3) is 0 Å². The molecule has 1 aromatic rings. The van der Waals surface area contributed by atoms with Gasteiger partial charge >= 0.3 is 0 Å². The van der Waals surface area contributed by atoms with Crippen molar-refractivity contribution in [2.24, 2.45) is 0 Å². The molecule has 1 aliphatic rings. The van der Waals surface area contributed by atoms with Gasteiger partial charge in [0.1, 0.15) is 0 Å². The molecule has 0 atom stereocenters. The Balaban J connectivity index is 2.77. The minimum atomic E-state index is -2.76. The molecule has 0 bridgehead atoms. The van der Waals surface area contributed by atoms with E-state index in [4.69, 9.17) is 0 Å². The number of carbonyl (C=O) groups is 2. The largest absolute Gasteiger partial charge is 0.286 e. The average Bonchev–Trinajstić information content (AvgIpc) is 2.23. The molecule has 0 unspecified atom stereocenters. The first-order valence-corrected chi connectivity index (χ1v) is 5.33. The molecule has 0 radical (unpaired) electrons. The van der Waals surface area contributed by atoms with E-state index >= 15 is 0 Å². The van der Waals surface area contributed by atoms with Gasteiger partial charge in [-0.25, -0.2) is 8.42 Å². The van der Waals surface area contributed by atoms with Gasteiger partial charge in [0, 0.05) is 11.1 Å². The van der Waals surface area contributed by atoms with E-state index in [1.54, 1.807) is 0 Å². The SMILES string of the molecule is O=C1C=Cc2c(cccc2[SH](=O)=O)C1=O. The third-order valence-electron chi connectivity index (χ3n) is 2.15. The molecule has 15 heavy (non-hydrogen) atoms. The summed E-state index contributed by atoms with van der Waals surface area (Å²) in [5, 5.41) is 0. The predicted molar refractivity (Wildman–Crippen MR) is 53.4 cm³/mol. The van der Waals surface area contributed by atoms with Crippen molar-refractivity contribution in [2.75, 3.05) is 0 Å². The molecule has 0 saturated heterocycles. The van der Waals surface area contributed by atoms with Crippen LogP contribution in [0.25, 0.3) is 6.08 Å². The molecule has 76 valence electrons. The topological polar surface area (TPSA) is 68.3 Å². The highest BCUT2D eigenvalue weighted by Gasteiger charge is 2.22. The van der Waals surface area contributed by atoms with Crippen LogP contribution in [0.4, 0.5) is 0 Å². The zero-order valence-electron chi connectivity index (χ0n) is 7.47. The Morgan fingerprint density at radius 2 is 1.73 bits per heavy atom. The van der Waals surface area contributed by atoms with Crippen molar-refractivity contribution in [3.63, 3.8) is 0 Å². The molecule has 0 N–H and O–H groups in total. The molecule has 0 spiro atoms. The van der Waals surface area contributed by atoms with E-state index in [-0.39, 0.29) is 10.5 Å². The highest BCUT2D eigenvalue weighted by Crippen LogP contribution is 2.22. The Labute approximate surface area is 87.2 Å². The summed E-state index contributed by atoms with van der Waals surface area (Å²) in [6.45, 7) is 0. The lowest BCUT2D eigenvalue weighted by molar-refractivity contribution is -0.110. The third-order valence-corrected chi connectivity index (χ3v) is 2.93. The summed E-state index contributed by atoms with van der Waals surface area (Å²) >= 11 is 0. The van der Waals surface area contributed by atoms with Crippen LogP contribution < -0.4 is 0 Å². The number of hydrogen-bond acceptors (Lipinski definition) is 4. The van der Waals surface area contributed by atoms with Gasteiger partial charge in [-0.3, -0.25) is 9.59 Å². The van der Waals surface area contributed by atoms with E-state index < -0.39 is 22.3 Å². The minimum absolute atomic E-state index is 0.0691. The third kappa shape index (κ3) is 1.50. The van der Waals surface area contributed by atoms with Crippen molar-refractivity contribution in [1.82, 2.24) is 0 Å². The normalized spacial score (nSPS) is 14.5. The van der Waals surface area contributed by atoms with Gasteiger partial charge in [-0.15, -0.1) is 0 Å². The van der Waals surface area contributed by atoms with Crippen molar-refractivity contribution in [3.8, 4) is 0 Å². The number of hydrogen-bond donors (Lipinski definition) is 1. The second-order valence-electron chi connectivity index (χ2n) is 3.02. The van der Waals surface area contributed by atoms with Gasteiger partial charge in [0.05, 0.1) is 4.90 Å². The first kappa shape index (κ1) is 9.79. The fourth-order valence-electron chi connectivity index (χ4n) is 1.45. The Morgan fingerprint density at radius 1 is 1.00 bits per heavy atom. The number of ketones is 2. The van der Waals surface area contributed by atoms with E-state index in [1.165, 1.54) is 24.3 Å². The smallest absolute Gasteiger partial charge is 0.233 e. The summed E-state index contributed by atoms with van der Waals surface area (Å²) < 4.78 is 21.7. The Bertz CT molecular complexity index is 559. The zero-order chi connectivity index (χ0) is 11.0. The van der Waals surface area contributed by atoms with Crippen LogP contribution in [-0.4, -0.2) is 20.0 Å². The zero-order valence-corrected chi connectivity index (χ0v) is 8.36. The van der Waals surface area contributed by atoms with Crippen molar-refractivity contribution in [2.45, 2.75) is 4.90 Å². The standard InChI is InChI=1S/C10H6O4S/c11-8-5-4-6-7(10(8)12)2-1-3-9(6)15(13)14/h1-5,15H. The predicted octanol–water partition coefficient (Wildman–Crippen LogP) is 0.436. The maximum Gasteiger partial charge on any atom is 0.233 e. The first-order chi connectivity index (χ1) is 7.11. The monoisotopic (exact) mass is 222 g/mol. The maximum absolute atomic E-state index is 11.4. The fraction of sp³-hybridized carbons (Fsp3) is 0. The molecule has 0 aromatic heterocycles. The van der Waals surface area contributed by atoms with Crippen molar-refractivity contribution < 1.29 is 18.0 Å². The van der Waals surface area contributed by atoms with Crippen molar-refractivity contribution >= 4 is 28.3 Å². The van der Waals surface area contributed by atoms with E-state index in [9.17, 15) is 18.0 Å². The van der Waals surface area contributed by atoms with E-state index in [1.807, 2.05) is 0 Å². The van der Waals surface area contributed by atoms with Gasteiger partial charge in [-0.1, -0.05) is 12.1 Å². The number of fused-ring (bicyclic) bond motifs is 1. The molecule has 2 rings (SSSR count). The Kier molecular flexibility index (Phi) is 2.24. The summed E-state index contributed by atoms with van der Waals surface area (Å²) in [6.07, 6.45) is 2.45. The first-order valence-electron chi connectivity index (χ1n) is 4.15. The van der Waals surface area contributed by atoms with Crippen LogP contribution in [0.2, 0.25) is 0 Å². The lowest BCUT2D eigenvalue weighted by Crippen LogP contribution is -2.16. The van der Waals surface area contributed by atoms with Gasteiger partial charge in [0.2, 0.25) is 11.6 Å². The van der Waals surface area contributed by atoms with Gasteiger partial charge < -0.3 is 0 Å². The quantitative estimate of drug-likeness (QED) is 0.553. The molecule has 0 heterocycles. The molecule has 0 saturated carbocycles. The van der Waals surface area contributed by atoms with Crippen LogP contribution in [0.5, 0.6) is 0 Å². The van der Waals surface area contributed by atoms with Gasteiger partial charge in [-0.05, 0) is 18.2 Å². The molecule has 1 aromatic carbocycles. The summed E-state index contributed by atoms with van der Waals surface area (Å²) in [5.41, 5.74) is 0.456. The number of thiol groups is 1. The lowest BCUT2D eigenvalue weighted by Gasteiger charge is -2.09. The van der Waals surface area contributed by atoms with Crippen molar-refractivity contribution in [3.05, 3.63) is 35.4 Å². The van der Waals surface area contributed by atoms with Crippen LogP contribution in [0.15, 0.2) is 29.2 Å². The number of carbonyl (C=O) groups excluding carboxylic acids is 2. The van der Waals surface area contributed by atoms with E-state index in [0.717, 1.165) is 6.08 Å². The van der Waals surface area contributed by atoms with Gasteiger partial charge in [-0.2, -0.15) is 0 Å². The summed E-state index contributed by atoms with van der Waals surface area (Å²) in [6, 6.07) is 4.29. The molecule has 1 aliphatic carbocycles. The van der Waals surface area contributed by atoms with Crippen LogP contribution in [0.1, 0.15) is 15.9 Å². The Hall–Kier alpha value is -1.75. The number of benzene rings is 1. The molecule has 0 aliphatic heterocycles. The highest BCUT2D eigenvalue weighted by molar-refractivity contribution is 7.72. The molecule has 0 amide bonds. The molecule has 4 nitrogen and oxygen atoms in total. The molecular formula is C10H6O4S. The molecule has 0 fully saturated rings. The fourth-order valence-corrected chi connectivity index (χ4v) is 2.05. The van der Waals surface area contributed by atoms with Crippen LogP contribution in [0.3, 0.4) is 0 Å². The number of Topliss-reactive ketones (excluding diaryl/α,β-unsaturated/α-hetero) is 1. The second kappa shape index (κ2) is 3.43. The average molecular weight is 222 g/mol. The molecular weight excluding hydrogens is 216 g/mol. The molecule has 5 heteroatoms. The highest BCUT2D eigenvalue weighted by atomic mass is 32.2. The Morgan fingerprint density at radius 3 is 2.40 bits per heavy atom. The summed E-state index contributed by atoms with van der Waals surface area (Å²) in [4.78, 5) is 22.5. The maximum atomic E-state index is 11.4.